The summed E-state index contributed by atoms with van der Waals surface area (Å²) >= 11 is 0. The second-order valence-corrected chi connectivity index (χ2v) is 4.80. The molecular weight excluding hydrogens is 234 g/mol. The Balaban J connectivity index is 2.90. The lowest BCUT2D eigenvalue weighted by molar-refractivity contribution is 0.518. The van der Waals surface area contributed by atoms with Crippen molar-refractivity contribution in [3.63, 3.8) is 0 Å². The molecule has 1 atom stereocenters. The van der Waals surface area contributed by atoms with Gasteiger partial charge in [-0.1, -0.05) is 32.0 Å². The third kappa shape index (κ3) is 4.57. The standard InChI is InChI=1S/C16H25N3/c1-4-12-18-15(5-2)14-9-6-7-10-16(14)19(3)13-8-11-17/h6-7,9-10,15,18H,4-5,8,12-13H2,1-3H3. The number of nitrogens with one attached hydrogen (secondary N) is 1. The van der Waals surface area contributed by atoms with Gasteiger partial charge in [-0.25, -0.2) is 0 Å². The molecule has 0 aliphatic heterocycles. The smallest absolute Gasteiger partial charge is 0.0640 e. The van der Waals surface area contributed by atoms with Gasteiger partial charge in [0.15, 0.2) is 0 Å². The number of nitrogens with zero attached hydrogens (tertiary/aromatic N) is 2. The Labute approximate surface area is 117 Å². The van der Waals surface area contributed by atoms with Crippen molar-refractivity contribution >= 4 is 5.69 Å². The molecule has 19 heavy (non-hydrogen) atoms. The normalized spacial score (nSPS) is 11.9. The molecule has 0 aliphatic carbocycles. The van der Waals surface area contributed by atoms with Gasteiger partial charge in [-0.3, -0.25) is 0 Å². The summed E-state index contributed by atoms with van der Waals surface area (Å²) in [4.78, 5) is 2.18. The van der Waals surface area contributed by atoms with Gasteiger partial charge >= 0.3 is 0 Å². The number of anilines is 1. The van der Waals surface area contributed by atoms with Crippen molar-refractivity contribution in [2.45, 2.75) is 39.2 Å². The van der Waals surface area contributed by atoms with Crippen LogP contribution in [0.5, 0.6) is 0 Å². The number of para-hydroxylation sites is 1. The van der Waals surface area contributed by atoms with E-state index in [1.807, 2.05) is 0 Å². The van der Waals surface area contributed by atoms with E-state index >= 15 is 0 Å². The summed E-state index contributed by atoms with van der Waals surface area (Å²) in [6, 6.07) is 11.1. The van der Waals surface area contributed by atoms with Gasteiger partial charge in [0.2, 0.25) is 0 Å². The first kappa shape index (κ1) is 15.5. The molecule has 0 fully saturated rings. The van der Waals surface area contributed by atoms with Crippen LogP contribution in [0.1, 0.15) is 44.7 Å². The summed E-state index contributed by atoms with van der Waals surface area (Å²) < 4.78 is 0. The summed E-state index contributed by atoms with van der Waals surface area (Å²) in [5.74, 6) is 0. The maximum atomic E-state index is 8.71. The molecule has 0 aliphatic rings. The Hall–Kier alpha value is -1.53. The molecule has 0 saturated heterocycles. The molecule has 1 N–H and O–H groups in total. The molecule has 0 saturated carbocycles. The lowest BCUT2D eigenvalue weighted by Crippen LogP contribution is -2.26. The minimum absolute atomic E-state index is 0.390. The van der Waals surface area contributed by atoms with Crippen LogP contribution in [0.4, 0.5) is 5.69 Å². The highest BCUT2D eigenvalue weighted by Gasteiger charge is 2.14. The van der Waals surface area contributed by atoms with Gasteiger partial charge in [0.05, 0.1) is 12.5 Å². The Bertz CT molecular complexity index is 409. The zero-order valence-electron chi connectivity index (χ0n) is 12.3. The molecule has 0 heterocycles. The first-order chi connectivity index (χ1) is 9.24. The zero-order chi connectivity index (χ0) is 14.1. The summed E-state index contributed by atoms with van der Waals surface area (Å²) in [5, 5.41) is 12.3. The third-order valence-electron chi connectivity index (χ3n) is 3.33. The maximum absolute atomic E-state index is 8.71. The van der Waals surface area contributed by atoms with Crippen LogP contribution in [0.15, 0.2) is 24.3 Å². The van der Waals surface area contributed by atoms with E-state index in [9.17, 15) is 0 Å². The van der Waals surface area contributed by atoms with Crippen LogP contribution in [0.2, 0.25) is 0 Å². The largest absolute Gasteiger partial charge is 0.373 e. The first-order valence-corrected chi connectivity index (χ1v) is 7.14. The van der Waals surface area contributed by atoms with Gasteiger partial charge in [-0.15, -0.1) is 0 Å². The highest BCUT2D eigenvalue weighted by molar-refractivity contribution is 5.54. The second kappa shape index (κ2) is 8.55. The number of nitriles is 1. The van der Waals surface area contributed by atoms with Crippen LogP contribution in [-0.4, -0.2) is 20.1 Å². The van der Waals surface area contributed by atoms with Crippen LogP contribution < -0.4 is 10.2 Å². The summed E-state index contributed by atoms with van der Waals surface area (Å²) in [5.41, 5.74) is 2.56. The van der Waals surface area contributed by atoms with Crippen molar-refractivity contribution in [2.75, 3.05) is 25.0 Å². The fourth-order valence-electron chi connectivity index (χ4n) is 2.26. The topological polar surface area (TPSA) is 39.1 Å². The van der Waals surface area contributed by atoms with E-state index in [2.05, 4.69) is 61.4 Å². The van der Waals surface area contributed by atoms with Crippen LogP contribution in [-0.2, 0) is 0 Å². The molecule has 1 aromatic carbocycles. The van der Waals surface area contributed by atoms with Crippen molar-refractivity contribution in [1.29, 1.82) is 5.26 Å². The van der Waals surface area contributed by atoms with Crippen LogP contribution in [0.25, 0.3) is 0 Å². The SMILES string of the molecule is CCCNC(CC)c1ccccc1N(C)CCC#N. The monoisotopic (exact) mass is 259 g/mol. The fourth-order valence-corrected chi connectivity index (χ4v) is 2.26. The van der Waals surface area contributed by atoms with E-state index in [4.69, 9.17) is 5.26 Å². The third-order valence-corrected chi connectivity index (χ3v) is 3.33. The molecule has 1 unspecified atom stereocenters. The Kier molecular flexibility index (Phi) is 6.99. The molecule has 1 rings (SSSR count). The minimum atomic E-state index is 0.390. The summed E-state index contributed by atoms with van der Waals surface area (Å²) in [7, 11) is 2.06. The number of benzene rings is 1. The summed E-state index contributed by atoms with van der Waals surface area (Å²) in [6.07, 6.45) is 2.77. The Morgan fingerprint density at radius 2 is 2.05 bits per heavy atom. The minimum Gasteiger partial charge on any atom is -0.373 e. The quantitative estimate of drug-likeness (QED) is 0.776. The molecule has 0 amide bonds. The van der Waals surface area contributed by atoms with Gasteiger partial charge in [0.1, 0.15) is 0 Å². The van der Waals surface area contributed by atoms with Gasteiger partial charge in [0, 0.05) is 25.3 Å². The van der Waals surface area contributed by atoms with E-state index in [-0.39, 0.29) is 0 Å². The number of hydrogen-bond acceptors (Lipinski definition) is 3. The van der Waals surface area contributed by atoms with Gasteiger partial charge in [0.25, 0.3) is 0 Å². The zero-order valence-corrected chi connectivity index (χ0v) is 12.3. The molecule has 3 heteroatoms. The average Bonchev–Trinajstić information content (AvgIpc) is 2.46. The predicted molar refractivity (Wildman–Crippen MR) is 81.3 cm³/mol. The van der Waals surface area contributed by atoms with Crippen molar-refractivity contribution in [2.24, 2.45) is 0 Å². The van der Waals surface area contributed by atoms with Gasteiger partial charge < -0.3 is 10.2 Å². The summed E-state index contributed by atoms with van der Waals surface area (Å²) in [6.45, 7) is 6.20. The van der Waals surface area contributed by atoms with Crippen molar-refractivity contribution in [3.05, 3.63) is 29.8 Å². The molecule has 3 nitrogen and oxygen atoms in total. The van der Waals surface area contributed by atoms with Crippen LogP contribution in [0, 0.1) is 11.3 Å². The van der Waals surface area contributed by atoms with E-state index in [1.54, 1.807) is 0 Å². The lowest BCUT2D eigenvalue weighted by Gasteiger charge is -2.26. The number of hydrogen-bond donors (Lipinski definition) is 1. The Morgan fingerprint density at radius 1 is 1.32 bits per heavy atom. The van der Waals surface area contributed by atoms with Crippen molar-refractivity contribution in [1.82, 2.24) is 5.32 Å². The molecule has 0 bridgehead atoms. The first-order valence-electron chi connectivity index (χ1n) is 7.14. The van der Waals surface area contributed by atoms with Gasteiger partial charge in [-0.05, 0) is 31.0 Å². The maximum Gasteiger partial charge on any atom is 0.0640 e. The van der Waals surface area contributed by atoms with Crippen molar-refractivity contribution in [3.8, 4) is 6.07 Å². The van der Waals surface area contributed by atoms with E-state index in [0.717, 1.165) is 25.9 Å². The van der Waals surface area contributed by atoms with Crippen LogP contribution >= 0.6 is 0 Å². The van der Waals surface area contributed by atoms with Crippen LogP contribution in [0.3, 0.4) is 0 Å². The van der Waals surface area contributed by atoms with Gasteiger partial charge in [-0.2, -0.15) is 5.26 Å². The molecule has 104 valence electrons. The van der Waals surface area contributed by atoms with E-state index < -0.39 is 0 Å². The fraction of sp³-hybridized carbons (Fsp3) is 0.562. The van der Waals surface area contributed by atoms with E-state index in [0.29, 0.717) is 12.5 Å². The number of rotatable bonds is 8. The molecule has 0 spiro atoms. The highest BCUT2D eigenvalue weighted by Crippen LogP contribution is 2.27. The highest BCUT2D eigenvalue weighted by atomic mass is 15.1. The molecule has 0 radical (unpaired) electrons. The van der Waals surface area contributed by atoms with Crippen molar-refractivity contribution < 1.29 is 0 Å². The lowest BCUT2D eigenvalue weighted by atomic mass is 10.0. The average molecular weight is 259 g/mol. The molecular formula is C16H25N3. The predicted octanol–water partition coefficient (Wildman–Crippen LogP) is 3.49. The second-order valence-electron chi connectivity index (χ2n) is 4.80. The molecule has 0 aromatic heterocycles. The molecule has 1 aromatic rings. The Morgan fingerprint density at radius 3 is 2.68 bits per heavy atom. The van der Waals surface area contributed by atoms with E-state index in [1.165, 1.54) is 11.3 Å².